The summed E-state index contributed by atoms with van der Waals surface area (Å²) in [6.07, 6.45) is 1.58. The molecule has 0 aromatic heterocycles. The standard InChI is InChI=1S/C18H13BrN2O6/c1-26-16-8-11(7-15(19)18(16)27-10-17(22)23)6-13(9-20)12-2-4-14(5-3-12)21(24)25/h2-8H,10H2,1H3,(H,22,23)/b13-6+. The molecule has 0 aliphatic heterocycles. The fourth-order valence-corrected chi connectivity index (χ4v) is 2.78. The number of benzene rings is 2. The molecule has 9 heteroatoms. The third-order valence-electron chi connectivity index (χ3n) is 3.41. The van der Waals surface area contributed by atoms with Gasteiger partial charge in [-0.25, -0.2) is 4.79 Å². The third-order valence-corrected chi connectivity index (χ3v) is 4.00. The molecule has 8 nitrogen and oxygen atoms in total. The van der Waals surface area contributed by atoms with Crippen LogP contribution in [0.3, 0.4) is 0 Å². The number of hydrogen-bond acceptors (Lipinski definition) is 6. The summed E-state index contributed by atoms with van der Waals surface area (Å²) < 4.78 is 10.9. The number of hydrogen-bond donors (Lipinski definition) is 1. The molecule has 138 valence electrons. The quantitative estimate of drug-likeness (QED) is 0.304. The highest BCUT2D eigenvalue weighted by molar-refractivity contribution is 9.10. The average molecular weight is 433 g/mol. The summed E-state index contributed by atoms with van der Waals surface area (Å²) in [6, 6.07) is 10.9. The second-order valence-electron chi connectivity index (χ2n) is 5.19. The second kappa shape index (κ2) is 8.82. The number of allylic oxidation sites excluding steroid dienone is 1. The lowest BCUT2D eigenvalue weighted by Gasteiger charge is -2.12. The van der Waals surface area contributed by atoms with Crippen LogP contribution in [0.1, 0.15) is 11.1 Å². The fraction of sp³-hybridized carbons (Fsp3) is 0.111. The van der Waals surface area contributed by atoms with Crippen molar-refractivity contribution in [1.82, 2.24) is 0 Å². The average Bonchev–Trinajstić information content (AvgIpc) is 2.64. The van der Waals surface area contributed by atoms with Crippen LogP contribution >= 0.6 is 15.9 Å². The van der Waals surface area contributed by atoms with Gasteiger partial charge in [-0.3, -0.25) is 10.1 Å². The molecule has 0 spiro atoms. The summed E-state index contributed by atoms with van der Waals surface area (Å²) in [4.78, 5) is 20.9. The van der Waals surface area contributed by atoms with Gasteiger partial charge in [-0.1, -0.05) is 0 Å². The zero-order chi connectivity index (χ0) is 20.0. The van der Waals surface area contributed by atoms with Crippen molar-refractivity contribution in [2.24, 2.45) is 0 Å². The van der Waals surface area contributed by atoms with Crippen molar-refractivity contribution < 1.29 is 24.3 Å². The molecule has 0 radical (unpaired) electrons. The number of aliphatic carboxylic acids is 1. The largest absolute Gasteiger partial charge is 0.493 e. The van der Waals surface area contributed by atoms with Crippen LogP contribution in [0.2, 0.25) is 0 Å². The number of rotatable bonds is 7. The summed E-state index contributed by atoms with van der Waals surface area (Å²) in [6.45, 7) is -0.531. The lowest BCUT2D eigenvalue weighted by Crippen LogP contribution is -2.10. The molecule has 0 aliphatic rings. The Balaban J connectivity index is 2.40. The van der Waals surface area contributed by atoms with Gasteiger partial charge in [0.15, 0.2) is 18.1 Å². The predicted molar refractivity (Wildman–Crippen MR) is 100 cm³/mol. The fourth-order valence-electron chi connectivity index (χ4n) is 2.21. The summed E-state index contributed by atoms with van der Waals surface area (Å²) in [5, 5.41) is 28.9. The van der Waals surface area contributed by atoms with E-state index in [4.69, 9.17) is 14.6 Å². The van der Waals surface area contributed by atoms with E-state index in [9.17, 15) is 20.2 Å². The van der Waals surface area contributed by atoms with Gasteiger partial charge in [-0.05, 0) is 57.4 Å². The van der Waals surface area contributed by atoms with E-state index < -0.39 is 17.5 Å². The van der Waals surface area contributed by atoms with Crippen LogP contribution in [-0.4, -0.2) is 29.7 Å². The zero-order valence-electron chi connectivity index (χ0n) is 14.0. The predicted octanol–water partition coefficient (Wildman–Crippen LogP) is 3.89. The normalized spacial score (nSPS) is 10.8. The molecule has 0 saturated heterocycles. The Hall–Kier alpha value is -3.38. The first-order chi connectivity index (χ1) is 12.8. The van der Waals surface area contributed by atoms with Crippen molar-refractivity contribution in [1.29, 1.82) is 5.26 Å². The molecule has 0 saturated carbocycles. The maximum absolute atomic E-state index is 10.7. The smallest absolute Gasteiger partial charge is 0.341 e. The minimum atomic E-state index is -1.13. The Labute approximate surface area is 162 Å². The number of nitrogens with zero attached hydrogens (tertiary/aromatic N) is 2. The number of nitro groups is 1. The molecule has 0 fully saturated rings. The van der Waals surface area contributed by atoms with Gasteiger partial charge in [0, 0.05) is 12.1 Å². The summed E-state index contributed by atoms with van der Waals surface area (Å²) in [5.41, 5.74) is 1.33. The van der Waals surface area contributed by atoms with Gasteiger partial charge in [0.1, 0.15) is 0 Å². The van der Waals surface area contributed by atoms with Crippen molar-refractivity contribution in [3.63, 3.8) is 0 Å². The Morgan fingerprint density at radius 3 is 2.56 bits per heavy atom. The monoisotopic (exact) mass is 432 g/mol. The minimum Gasteiger partial charge on any atom is -0.493 e. The molecule has 0 bridgehead atoms. The van der Waals surface area contributed by atoms with Crippen LogP contribution in [0.15, 0.2) is 40.9 Å². The molecule has 0 heterocycles. The van der Waals surface area contributed by atoms with E-state index in [0.29, 0.717) is 15.6 Å². The minimum absolute atomic E-state index is 0.0691. The van der Waals surface area contributed by atoms with E-state index in [1.54, 1.807) is 18.2 Å². The van der Waals surface area contributed by atoms with Gasteiger partial charge in [0.25, 0.3) is 5.69 Å². The number of nitriles is 1. The zero-order valence-corrected chi connectivity index (χ0v) is 15.6. The maximum atomic E-state index is 10.7. The highest BCUT2D eigenvalue weighted by atomic mass is 79.9. The molecule has 1 N–H and O–H groups in total. The lowest BCUT2D eigenvalue weighted by molar-refractivity contribution is -0.384. The van der Waals surface area contributed by atoms with Crippen molar-refractivity contribution >= 4 is 39.2 Å². The van der Waals surface area contributed by atoms with Gasteiger partial charge in [0.2, 0.25) is 0 Å². The van der Waals surface area contributed by atoms with Crippen LogP contribution in [0, 0.1) is 21.4 Å². The Morgan fingerprint density at radius 1 is 1.37 bits per heavy atom. The molecular formula is C18H13BrN2O6. The van der Waals surface area contributed by atoms with Crippen LogP contribution in [0.5, 0.6) is 11.5 Å². The molecule has 0 amide bonds. The number of non-ortho nitro benzene ring substituents is 1. The number of ether oxygens (including phenoxy) is 2. The number of halogens is 1. The Morgan fingerprint density at radius 2 is 2.04 bits per heavy atom. The van der Waals surface area contributed by atoms with Gasteiger partial charge in [-0.2, -0.15) is 5.26 Å². The van der Waals surface area contributed by atoms with E-state index in [-0.39, 0.29) is 22.8 Å². The highest BCUT2D eigenvalue weighted by Crippen LogP contribution is 2.37. The third kappa shape index (κ3) is 5.05. The van der Waals surface area contributed by atoms with Gasteiger partial charge < -0.3 is 14.6 Å². The van der Waals surface area contributed by atoms with Crippen molar-refractivity contribution in [2.45, 2.75) is 0 Å². The second-order valence-corrected chi connectivity index (χ2v) is 6.04. The summed E-state index contributed by atoms with van der Waals surface area (Å²) in [5.74, 6) is -0.610. The molecule has 0 aliphatic carbocycles. The van der Waals surface area contributed by atoms with E-state index in [1.165, 1.54) is 31.4 Å². The molecule has 2 aromatic rings. The first kappa shape index (κ1) is 19.9. The molecule has 0 atom stereocenters. The van der Waals surface area contributed by atoms with E-state index >= 15 is 0 Å². The van der Waals surface area contributed by atoms with Crippen molar-refractivity contribution in [3.05, 3.63) is 62.1 Å². The van der Waals surface area contributed by atoms with Crippen molar-refractivity contribution in [2.75, 3.05) is 13.7 Å². The number of methoxy groups -OCH3 is 1. The van der Waals surface area contributed by atoms with Gasteiger partial charge in [-0.15, -0.1) is 0 Å². The summed E-state index contributed by atoms with van der Waals surface area (Å²) >= 11 is 3.30. The van der Waals surface area contributed by atoms with Crippen LogP contribution in [0.25, 0.3) is 11.6 Å². The number of carbonyl (C=O) groups is 1. The van der Waals surface area contributed by atoms with Crippen molar-refractivity contribution in [3.8, 4) is 17.6 Å². The van der Waals surface area contributed by atoms with Gasteiger partial charge in [0.05, 0.1) is 28.1 Å². The number of nitro benzene ring substituents is 1. The number of carboxylic acids is 1. The molecule has 2 rings (SSSR count). The number of carboxylic acid groups (broad SMARTS) is 1. The Kier molecular flexibility index (Phi) is 6.51. The highest BCUT2D eigenvalue weighted by Gasteiger charge is 2.14. The van der Waals surface area contributed by atoms with Crippen LogP contribution in [-0.2, 0) is 4.79 Å². The van der Waals surface area contributed by atoms with Crippen LogP contribution < -0.4 is 9.47 Å². The Bertz CT molecular complexity index is 948. The van der Waals surface area contributed by atoms with E-state index in [2.05, 4.69) is 22.0 Å². The van der Waals surface area contributed by atoms with Crippen LogP contribution in [0.4, 0.5) is 5.69 Å². The lowest BCUT2D eigenvalue weighted by atomic mass is 10.0. The maximum Gasteiger partial charge on any atom is 0.341 e. The SMILES string of the molecule is COc1cc(/C=C(\C#N)c2ccc([N+](=O)[O-])cc2)cc(Br)c1OCC(=O)O. The topological polar surface area (TPSA) is 123 Å². The molecule has 0 unspecified atom stereocenters. The first-order valence-electron chi connectivity index (χ1n) is 7.44. The molecule has 2 aromatic carbocycles. The summed E-state index contributed by atoms with van der Waals surface area (Å²) in [7, 11) is 1.41. The van der Waals surface area contributed by atoms with E-state index in [1.807, 2.05) is 0 Å². The van der Waals surface area contributed by atoms with Gasteiger partial charge >= 0.3 is 5.97 Å². The molecular weight excluding hydrogens is 420 g/mol. The first-order valence-corrected chi connectivity index (χ1v) is 8.23. The molecule has 27 heavy (non-hydrogen) atoms. The van der Waals surface area contributed by atoms with E-state index in [0.717, 1.165) is 0 Å².